The SMILES string of the molecule is O=C1OC2(CCN(C(=O)C3(c4ccc(N5CCNC5=O)cc4)CC3)C2)c2ccncc21. The normalized spacial score (nSPS) is 25.5. The van der Waals surface area contributed by atoms with Crippen LogP contribution in [0.1, 0.15) is 40.7 Å². The number of amides is 3. The molecular weight excluding hydrogens is 396 g/mol. The number of nitrogens with zero attached hydrogens (tertiary/aromatic N) is 3. The average molecular weight is 418 g/mol. The van der Waals surface area contributed by atoms with Crippen molar-refractivity contribution in [1.29, 1.82) is 0 Å². The molecule has 0 bridgehead atoms. The van der Waals surface area contributed by atoms with Gasteiger partial charge < -0.3 is 15.0 Å². The molecule has 0 radical (unpaired) electrons. The Morgan fingerprint density at radius 3 is 2.58 bits per heavy atom. The number of anilines is 1. The molecule has 4 heterocycles. The number of ether oxygens (including phenoxy) is 1. The van der Waals surface area contributed by atoms with Crippen molar-refractivity contribution in [2.24, 2.45) is 0 Å². The Morgan fingerprint density at radius 2 is 1.87 bits per heavy atom. The highest BCUT2D eigenvalue weighted by Gasteiger charge is 2.57. The van der Waals surface area contributed by atoms with Crippen LogP contribution in [0.5, 0.6) is 0 Å². The second kappa shape index (κ2) is 6.29. The molecule has 1 aromatic heterocycles. The number of hydrogen-bond acceptors (Lipinski definition) is 5. The van der Waals surface area contributed by atoms with Crippen LogP contribution in [0.4, 0.5) is 10.5 Å². The van der Waals surface area contributed by atoms with E-state index in [1.165, 1.54) is 0 Å². The van der Waals surface area contributed by atoms with E-state index in [0.717, 1.165) is 29.7 Å². The topological polar surface area (TPSA) is 91.8 Å². The van der Waals surface area contributed by atoms with E-state index in [1.807, 2.05) is 35.2 Å². The largest absolute Gasteiger partial charge is 0.449 e. The molecule has 1 aliphatic carbocycles. The van der Waals surface area contributed by atoms with Crippen LogP contribution >= 0.6 is 0 Å². The molecule has 31 heavy (non-hydrogen) atoms. The van der Waals surface area contributed by atoms with Gasteiger partial charge in [-0.15, -0.1) is 0 Å². The first kappa shape index (κ1) is 18.4. The number of pyridine rings is 1. The monoisotopic (exact) mass is 418 g/mol. The summed E-state index contributed by atoms with van der Waals surface area (Å²) in [5.74, 6) is -0.269. The van der Waals surface area contributed by atoms with Crippen molar-refractivity contribution < 1.29 is 19.1 Å². The number of carbonyl (C=O) groups is 3. The Bertz CT molecular complexity index is 1110. The number of fused-ring (bicyclic) bond motifs is 2. The van der Waals surface area contributed by atoms with Crippen molar-refractivity contribution in [3.63, 3.8) is 0 Å². The summed E-state index contributed by atoms with van der Waals surface area (Å²) in [5.41, 5.74) is 1.88. The molecule has 8 nitrogen and oxygen atoms in total. The van der Waals surface area contributed by atoms with Gasteiger partial charge in [0, 0.05) is 49.7 Å². The lowest BCUT2D eigenvalue weighted by atomic mass is 9.92. The first-order valence-electron chi connectivity index (χ1n) is 10.7. The lowest BCUT2D eigenvalue weighted by Gasteiger charge is -2.27. The molecule has 2 saturated heterocycles. The fourth-order valence-corrected chi connectivity index (χ4v) is 5.23. The fourth-order valence-electron chi connectivity index (χ4n) is 5.23. The third-order valence-electron chi connectivity index (χ3n) is 7.09. The summed E-state index contributed by atoms with van der Waals surface area (Å²) in [6.45, 7) is 2.22. The number of nitrogens with one attached hydrogen (secondary N) is 1. The van der Waals surface area contributed by atoms with E-state index in [1.54, 1.807) is 17.3 Å². The quantitative estimate of drug-likeness (QED) is 0.770. The number of rotatable bonds is 3. The predicted molar refractivity (Wildman–Crippen MR) is 111 cm³/mol. The number of carbonyl (C=O) groups excluding carboxylic acids is 3. The molecule has 2 aromatic rings. The zero-order valence-corrected chi connectivity index (χ0v) is 17.0. The van der Waals surface area contributed by atoms with Crippen LogP contribution in [0.3, 0.4) is 0 Å². The van der Waals surface area contributed by atoms with Gasteiger partial charge in [-0.2, -0.15) is 0 Å². The van der Waals surface area contributed by atoms with Crippen LogP contribution < -0.4 is 10.2 Å². The summed E-state index contributed by atoms with van der Waals surface area (Å²) >= 11 is 0. The Morgan fingerprint density at radius 1 is 1.06 bits per heavy atom. The Balaban J connectivity index is 1.23. The first-order valence-corrected chi connectivity index (χ1v) is 10.7. The van der Waals surface area contributed by atoms with Crippen LogP contribution in [0.15, 0.2) is 42.7 Å². The number of benzene rings is 1. The zero-order valence-electron chi connectivity index (χ0n) is 17.0. The van der Waals surface area contributed by atoms with Crippen LogP contribution in [0.25, 0.3) is 0 Å². The summed E-state index contributed by atoms with van der Waals surface area (Å²) in [6.07, 6.45) is 5.41. The van der Waals surface area contributed by atoms with Gasteiger partial charge in [0.25, 0.3) is 0 Å². The van der Waals surface area contributed by atoms with Gasteiger partial charge in [-0.1, -0.05) is 12.1 Å². The molecule has 1 unspecified atom stereocenters. The van der Waals surface area contributed by atoms with Crippen molar-refractivity contribution in [1.82, 2.24) is 15.2 Å². The second-order valence-corrected chi connectivity index (χ2v) is 8.79. The van der Waals surface area contributed by atoms with E-state index in [0.29, 0.717) is 38.2 Å². The van der Waals surface area contributed by atoms with Gasteiger partial charge in [-0.3, -0.25) is 14.7 Å². The van der Waals surface area contributed by atoms with Gasteiger partial charge in [-0.25, -0.2) is 9.59 Å². The van der Waals surface area contributed by atoms with E-state index in [4.69, 9.17) is 4.74 Å². The molecule has 1 aromatic carbocycles. The minimum Gasteiger partial charge on any atom is -0.449 e. The van der Waals surface area contributed by atoms with Crippen LogP contribution in [0, 0.1) is 0 Å². The highest BCUT2D eigenvalue weighted by molar-refractivity contribution is 5.96. The van der Waals surface area contributed by atoms with Gasteiger partial charge in [0.2, 0.25) is 5.91 Å². The summed E-state index contributed by atoms with van der Waals surface area (Å²) < 4.78 is 5.77. The third-order valence-corrected chi connectivity index (χ3v) is 7.09. The third kappa shape index (κ3) is 2.60. The maximum Gasteiger partial charge on any atom is 0.341 e. The van der Waals surface area contributed by atoms with Crippen molar-refractivity contribution in [2.75, 3.05) is 31.1 Å². The van der Waals surface area contributed by atoms with Crippen LogP contribution in [-0.4, -0.2) is 54.0 Å². The van der Waals surface area contributed by atoms with Gasteiger partial charge >= 0.3 is 12.0 Å². The molecule has 6 rings (SSSR count). The minimum atomic E-state index is -0.756. The van der Waals surface area contributed by atoms with E-state index < -0.39 is 11.0 Å². The number of aromatic nitrogens is 1. The molecule has 1 atom stereocenters. The molecule has 8 heteroatoms. The highest BCUT2D eigenvalue weighted by atomic mass is 16.6. The van der Waals surface area contributed by atoms with E-state index in [2.05, 4.69) is 10.3 Å². The summed E-state index contributed by atoms with van der Waals surface area (Å²) in [5, 5.41) is 2.80. The molecule has 3 aliphatic heterocycles. The average Bonchev–Trinajstić information content (AvgIpc) is 3.18. The number of urea groups is 1. The van der Waals surface area contributed by atoms with Gasteiger partial charge in [-0.05, 0) is 36.6 Å². The second-order valence-electron chi connectivity index (χ2n) is 8.79. The summed E-state index contributed by atoms with van der Waals surface area (Å²) in [7, 11) is 0. The molecule has 3 amide bonds. The maximum absolute atomic E-state index is 13.6. The predicted octanol–water partition coefficient (Wildman–Crippen LogP) is 1.94. The molecule has 1 N–H and O–H groups in total. The zero-order chi connectivity index (χ0) is 21.2. The van der Waals surface area contributed by atoms with Crippen LogP contribution in [-0.2, 0) is 20.5 Å². The number of esters is 1. The van der Waals surface area contributed by atoms with Crippen molar-refractivity contribution in [3.8, 4) is 0 Å². The molecule has 1 spiro atoms. The standard InChI is InChI=1S/C23H22N4O4/c28-19-17-13-24-9-5-18(17)23(31-19)8-11-26(14-23)20(29)22(6-7-22)15-1-3-16(4-2-15)27-12-10-25-21(27)30/h1-5,9,13H,6-8,10-12,14H2,(H,25,30). The Labute approximate surface area is 179 Å². The van der Waals surface area contributed by atoms with Crippen molar-refractivity contribution in [3.05, 3.63) is 59.4 Å². The molecule has 158 valence electrons. The smallest absolute Gasteiger partial charge is 0.341 e. The van der Waals surface area contributed by atoms with Gasteiger partial charge in [0.15, 0.2) is 5.60 Å². The van der Waals surface area contributed by atoms with Crippen LogP contribution in [0.2, 0.25) is 0 Å². The molecule has 4 aliphatic rings. The number of hydrogen-bond donors (Lipinski definition) is 1. The van der Waals surface area contributed by atoms with E-state index >= 15 is 0 Å². The minimum absolute atomic E-state index is 0.0890. The fraction of sp³-hybridized carbons (Fsp3) is 0.391. The summed E-state index contributed by atoms with van der Waals surface area (Å²) in [6, 6.07) is 9.51. The van der Waals surface area contributed by atoms with Gasteiger partial charge in [0.1, 0.15) is 0 Å². The first-order chi connectivity index (χ1) is 15.0. The molecule has 3 fully saturated rings. The summed E-state index contributed by atoms with van der Waals surface area (Å²) in [4.78, 5) is 45.3. The van der Waals surface area contributed by atoms with E-state index in [9.17, 15) is 14.4 Å². The van der Waals surface area contributed by atoms with Gasteiger partial charge in [0.05, 0.1) is 17.5 Å². The Hall–Kier alpha value is -3.42. The number of likely N-dealkylation sites (tertiary alicyclic amines) is 1. The molecular formula is C23H22N4O4. The van der Waals surface area contributed by atoms with Crippen molar-refractivity contribution in [2.45, 2.75) is 30.3 Å². The Kier molecular flexibility index (Phi) is 3.73. The maximum atomic E-state index is 13.6. The highest BCUT2D eigenvalue weighted by Crippen LogP contribution is 2.52. The van der Waals surface area contributed by atoms with E-state index in [-0.39, 0.29) is 17.9 Å². The lowest BCUT2D eigenvalue weighted by molar-refractivity contribution is -0.134. The van der Waals surface area contributed by atoms with Crippen molar-refractivity contribution >= 4 is 23.6 Å². The molecule has 1 saturated carbocycles. The lowest BCUT2D eigenvalue weighted by Crippen LogP contribution is -2.40.